The van der Waals surface area contributed by atoms with Gasteiger partial charge in [-0.2, -0.15) is 13.2 Å². The van der Waals surface area contributed by atoms with Gasteiger partial charge in [-0.15, -0.1) is 0 Å². The molecule has 1 aromatic heterocycles. The van der Waals surface area contributed by atoms with Gasteiger partial charge in [0, 0.05) is 24.7 Å². The topological polar surface area (TPSA) is 65.5 Å². The zero-order chi connectivity index (χ0) is 17.5. The second-order valence-corrected chi connectivity index (χ2v) is 6.59. The highest BCUT2D eigenvalue weighted by atomic mass is 19.4. The molecule has 1 saturated carbocycles. The van der Waals surface area contributed by atoms with Crippen molar-refractivity contribution in [3.8, 4) is 0 Å². The fraction of sp³-hybridized carbons (Fsp3) is 0.625. The van der Waals surface area contributed by atoms with E-state index in [0.717, 1.165) is 25.0 Å². The molecule has 0 bridgehead atoms. The van der Waals surface area contributed by atoms with Gasteiger partial charge in [-0.25, -0.2) is 4.98 Å². The molecule has 0 aromatic carbocycles. The average molecular weight is 343 g/mol. The number of aryl methyl sites for hydroxylation is 1. The van der Waals surface area contributed by atoms with Gasteiger partial charge in [0.15, 0.2) is 0 Å². The highest BCUT2D eigenvalue weighted by molar-refractivity contribution is 5.77. The summed E-state index contributed by atoms with van der Waals surface area (Å²) in [5.74, 6) is 0.484. The maximum atomic E-state index is 13.0. The number of carbonyl (C=O) groups is 1. The van der Waals surface area contributed by atoms with Crippen LogP contribution in [0.2, 0.25) is 0 Å². The predicted octanol–water partition coefficient (Wildman–Crippen LogP) is 1.73. The van der Waals surface area contributed by atoms with E-state index in [1.54, 1.807) is 4.90 Å². The number of alkyl halides is 3. The number of carbonyl (C=O) groups excluding carboxylic acids is 1. The van der Waals surface area contributed by atoms with Crippen molar-refractivity contribution in [3.05, 3.63) is 23.4 Å². The molecule has 2 N–H and O–H groups in total. The summed E-state index contributed by atoms with van der Waals surface area (Å²) < 4.78 is 39.0. The van der Waals surface area contributed by atoms with Crippen molar-refractivity contribution < 1.29 is 23.1 Å². The minimum absolute atomic E-state index is 0.172. The van der Waals surface area contributed by atoms with Crippen LogP contribution in [0.1, 0.15) is 24.1 Å². The number of anilines is 1. The summed E-state index contributed by atoms with van der Waals surface area (Å²) in [5.41, 5.74) is -0.401. The maximum absolute atomic E-state index is 13.0. The summed E-state index contributed by atoms with van der Waals surface area (Å²) >= 11 is 0. The first-order chi connectivity index (χ1) is 11.3. The largest absolute Gasteiger partial charge is 0.416 e. The van der Waals surface area contributed by atoms with Crippen LogP contribution in [0.25, 0.3) is 0 Å². The van der Waals surface area contributed by atoms with E-state index in [4.69, 9.17) is 5.11 Å². The highest BCUT2D eigenvalue weighted by Crippen LogP contribution is 2.42. The second-order valence-electron chi connectivity index (χ2n) is 6.59. The summed E-state index contributed by atoms with van der Waals surface area (Å²) in [4.78, 5) is 17.5. The van der Waals surface area contributed by atoms with Crippen LogP contribution in [0.3, 0.4) is 0 Å². The van der Waals surface area contributed by atoms with Crippen molar-refractivity contribution in [1.82, 2.24) is 10.3 Å². The number of aliphatic hydroxyl groups excluding tert-OH is 1. The van der Waals surface area contributed by atoms with Crippen molar-refractivity contribution in [2.24, 2.45) is 11.8 Å². The lowest BCUT2D eigenvalue weighted by atomic mass is 9.98. The Morgan fingerprint density at radius 1 is 1.38 bits per heavy atom. The van der Waals surface area contributed by atoms with E-state index in [2.05, 4.69) is 10.3 Å². The number of hydrogen-bond donors (Lipinski definition) is 2. The zero-order valence-corrected chi connectivity index (χ0v) is 13.3. The molecule has 24 heavy (non-hydrogen) atoms. The fourth-order valence-electron chi connectivity index (χ4n) is 3.40. The summed E-state index contributed by atoms with van der Waals surface area (Å²) in [6.07, 6.45) is -2.28. The van der Waals surface area contributed by atoms with Gasteiger partial charge in [0.2, 0.25) is 5.91 Å². The van der Waals surface area contributed by atoms with Gasteiger partial charge >= 0.3 is 6.18 Å². The smallest absolute Gasteiger partial charge is 0.387 e. The molecule has 1 saturated heterocycles. The number of amides is 1. The molecule has 3 rings (SSSR count). The normalized spacial score (nSPS) is 24.3. The van der Waals surface area contributed by atoms with Crippen molar-refractivity contribution in [2.75, 3.05) is 24.6 Å². The summed E-state index contributed by atoms with van der Waals surface area (Å²) in [6.45, 7) is 1.92. The van der Waals surface area contributed by atoms with Crippen LogP contribution < -0.4 is 10.2 Å². The monoisotopic (exact) mass is 343 g/mol. The van der Waals surface area contributed by atoms with E-state index in [9.17, 15) is 18.0 Å². The summed E-state index contributed by atoms with van der Waals surface area (Å²) in [5, 5.41) is 11.7. The number of aliphatic hydroxyl groups is 1. The van der Waals surface area contributed by atoms with E-state index in [-0.39, 0.29) is 17.8 Å². The molecule has 8 heteroatoms. The van der Waals surface area contributed by atoms with Crippen LogP contribution in [0.4, 0.5) is 19.0 Å². The molecular formula is C16H20F3N3O2. The molecule has 2 heterocycles. The fourth-order valence-corrected chi connectivity index (χ4v) is 3.40. The van der Waals surface area contributed by atoms with E-state index in [1.165, 1.54) is 6.92 Å². The number of halogens is 3. The number of nitrogens with zero attached hydrogens (tertiary/aromatic N) is 2. The highest BCUT2D eigenvalue weighted by Gasteiger charge is 2.43. The number of aromatic nitrogens is 1. The zero-order valence-electron chi connectivity index (χ0n) is 13.3. The molecule has 2 aliphatic rings. The van der Waals surface area contributed by atoms with Gasteiger partial charge in [0.05, 0.1) is 11.6 Å². The molecule has 2 atom stereocenters. The van der Waals surface area contributed by atoms with Crippen LogP contribution in [0.15, 0.2) is 12.1 Å². The molecule has 0 unspecified atom stereocenters. The molecule has 5 nitrogen and oxygen atoms in total. The Bertz CT molecular complexity index is 631. The number of hydrogen-bond acceptors (Lipinski definition) is 4. The predicted molar refractivity (Wildman–Crippen MR) is 81.4 cm³/mol. The van der Waals surface area contributed by atoms with Crippen LogP contribution in [-0.4, -0.2) is 41.7 Å². The maximum Gasteiger partial charge on any atom is 0.416 e. The lowest BCUT2D eigenvalue weighted by molar-refractivity contribution is -0.137. The van der Waals surface area contributed by atoms with Crippen LogP contribution in [0, 0.1) is 18.8 Å². The second kappa shape index (κ2) is 6.23. The first-order valence-electron chi connectivity index (χ1n) is 7.99. The molecule has 0 radical (unpaired) electrons. The minimum Gasteiger partial charge on any atom is -0.387 e. The molecular weight excluding hydrogens is 323 g/mol. The SMILES string of the molecule is Cc1cc(C(F)(F)F)cc(N2C[C@@H](NC(=O)CO)[C@H](C3CC3)C2)n1. The lowest BCUT2D eigenvalue weighted by Gasteiger charge is -2.20. The lowest BCUT2D eigenvalue weighted by Crippen LogP contribution is -2.42. The molecule has 1 aliphatic heterocycles. The Kier molecular flexibility index (Phi) is 4.42. The number of pyridine rings is 1. The van der Waals surface area contributed by atoms with E-state index < -0.39 is 24.3 Å². The Hall–Kier alpha value is -1.83. The van der Waals surface area contributed by atoms with Crippen molar-refractivity contribution in [1.29, 1.82) is 0 Å². The Balaban J connectivity index is 1.82. The first kappa shape index (κ1) is 17.0. The molecule has 1 aromatic rings. The van der Waals surface area contributed by atoms with E-state index in [1.807, 2.05) is 0 Å². The van der Waals surface area contributed by atoms with Crippen molar-refractivity contribution in [3.63, 3.8) is 0 Å². The van der Waals surface area contributed by atoms with Gasteiger partial charge in [0.1, 0.15) is 12.4 Å². The Morgan fingerprint density at radius 3 is 2.67 bits per heavy atom. The Labute approximate surface area is 137 Å². The van der Waals surface area contributed by atoms with Gasteiger partial charge in [-0.3, -0.25) is 4.79 Å². The third-order valence-electron chi connectivity index (χ3n) is 4.67. The number of nitrogens with one attached hydrogen (secondary N) is 1. The van der Waals surface area contributed by atoms with E-state index in [0.29, 0.717) is 24.7 Å². The van der Waals surface area contributed by atoms with Crippen LogP contribution in [-0.2, 0) is 11.0 Å². The molecule has 1 aliphatic carbocycles. The van der Waals surface area contributed by atoms with Crippen molar-refractivity contribution >= 4 is 11.7 Å². The third-order valence-corrected chi connectivity index (χ3v) is 4.67. The molecule has 1 amide bonds. The van der Waals surface area contributed by atoms with Crippen molar-refractivity contribution in [2.45, 2.75) is 32.0 Å². The first-order valence-corrected chi connectivity index (χ1v) is 7.99. The summed E-state index contributed by atoms with van der Waals surface area (Å²) in [6, 6.07) is 1.92. The van der Waals surface area contributed by atoms with Gasteiger partial charge in [-0.1, -0.05) is 0 Å². The van der Waals surface area contributed by atoms with Gasteiger partial charge < -0.3 is 15.3 Å². The van der Waals surface area contributed by atoms with Crippen LogP contribution in [0.5, 0.6) is 0 Å². The molecule has 0 spiro atoms. The number of rotatable bonds is 4. The quantitative estimate of drug-likeness (QED) is 0.874. The van der Waals surface area contributed by atoms with Gasteiger partial charge in [-0.05, 0) is 37.8 Å². The molecule has 132 valence electrons. The van der Waals surface area contributed by atoms with E-state index >= 15 is 0 Å². The van der Waals surface area contributed by atoms with Crippen LogP contribution >= 0.6 is 0 Å². The average Bonchev–Trinajstić information content (AvgIpc) is 3.27. The third kappa shape index (κ3) is 3.63. The molecule has 2 fully saturated rings. The Morgan fingerprint density at radius 2 is 2.08 bits per heavy atom. The summed E-state index contributed by atoms with van der Waals surface area (Å²) in [7, 11) is 0. The standard InChI is InChI=1S/C16H20F3N3O2/c1-9-4-11(16(17,18)19)5-14(20-9)22-6-12(10-2-3-10)13(7-22)21-15(24)8-23/h4-5,10,12-13,23H,2-3,6-8H2,1H3,(H,21,24)/t12-,13+/m0/s1. The minimum atomic E-state index is -4.41. The van der Waals surface area contributed by atoms with Gasteiger partial charge in [0.25, 0.3) is 0 Å².